The summed E-state index contributed by atoms with van der Waals surface area (Å²) in [5.41, 5.74) is -0.133. The number of likely N-dealkylation sites (tertiary alicyclic amines) is 1. The Bertz CT molecular complexity index is 1200. The van der Waals surface area contributed by atoms with Crippen molar-refractivity contribution in [2.45, 2.75) is 69.6 Å². The van der Waals surface area contributed by atoms with E-state index in [9.17, 15) is 33.4 Å². The first-order valence-corrected chi connectivity index (χ1v) is 12.6. The van der Waals surface area contributed by atoms with Crippen LogP contribution in [-0.4, -0.2) is 68.5 Å². The number of hydrogen-bond acceptors (Lipinski definition) is 5. The molecule has 1 saturated heterocycles. The van der Waals surface area contributed by atoms with Gasteiger partial charge in [0, 0.05) is 29.3 Å². The number of phenols is 1. The molecule has 3 amide bonds. The summed E-state index contributed by atoms with van der Waals surface area (Å²) in [6.07, 6.45) is -2.02. The van der Waals surface area contributed by atoms with E-state index >= 15 is 0 Å². The maximum Gasteiger partial charge on any atom is 0.254 e. The van der Waals surface area contributed by atoms with Gasteiger partial charge >= 0.3 is 0 Å². The van der Waals surface area contributed by atoms with Crippen molar-refractivity contribution in [2.75, 3.05) is 6.54 Å². The normalized spacial score (nSPS) is 19.1. The zero-order valence-corrected chi connectivity index (χ0v) is 22.4. The van der Waals surface area contributed by atoms with E-state index in [1.54, 1.807) is 20.8 Å². The number of aliphatic hydroxyl groups excluding tert-OH is 1. The van der Waals surface area contributed by atoms with E-state index < -0.39 is 58.5 Å². The maximum atomic E-state index is 13.9. The second-order valence-corrected chi connectivity index (χ2v) is 11.2. The van der Waals surface area contributed by atoms with E-state index in [1.165, 1.54) is 25.1 Å². The zero-order chi connectivity index (χ0) is 28.4. The smallest absolute Gasteiger partial charge is 0.254 e. The molecule has 0 aromatic heterocycles. The molecule has 38 heavy (non-hydrogen) atoms. The zero-order valence-electron chi connectivity index (χ0n) is 21.6. The van der Waals surface area contributed by atoms with Crippen LogP contribution in [0.2, 0.25) is 0 Å². The molecule has 0 radical (unpaired) electrons. The van der Waals surface area contributed by atoms with Gasteiger partial charge < -0.3 is 25.7 Å². The number of phenolic OH excluding ortho intramolecular Hbond substituents is 1. The minimum absolute atomic E-state index is 0.0133. The van der Waals surface area contributed by atoms with Crippen LogP contribution >= 0.6 is 11.6 Å². The third-order valence-electron chi connectivity index (χ3n) is 6.21. The van der Waals surface area contributed by atoms with Gasteiger partial charge in [0.25, 0.3) is 11.8 Å². The van der Waals surface area contributed by atoms with Crippen LogP contribution < -0.4 is 10.6 Å². The molecule has 4 N–H and O–H groups in total. The monoisotopic (exact) mass is 551 g/mol. The van der Waals surface area contributed by atoms with Crippen LogP contribution in [0.5, 0.6) is 5.75 Å². The van der Waals surface area contributed by atoms with Crippen molar-refractivity contribution in [3.63, 3.8) is 0 Å². The molecule has 206 valence electrons. The molecular weight excluding hydrogens is 520 g/mol. The summed E-state index contributed by atoms with van der Waals surface area (Å²) in [5, 5.41) is 26.0. The number of benzene rings is 2. The first-order chi connectivity index (χ1) is 17.7. The molecule has 4 atom stereocenters. The molecule has 1 aliphatic heterocycles. The van der Waals surface area contributed by atoms with Gasteiger partial charge in [0.2, 0.25) is 5.91 Å². The van der Waals surface area contributed by atoms with Gasteiger partial charge in [0.05, 0.1) is 11.4 Å². The Balaban J connectivity index is 1.91. The molecule has 8 nitrogen and oxygen atoms in total. The average molecular weight is 552 g/mol. The Morgan fingerprint density at radius 2 is 1.79 bits per heavy atom. The lowest BCUT2D eigenvalue weighted by molar-refractivity contribution is -0.146. The van der Waals surface area contributed by atoms with E-state index in [1.807, 2.05) is 0 Å². The number of hydrogen-bond donors (Lipinski definition) is 4. The van der Waals surface area contributed by atoms with Gasteiger partial charge in [0.15, 0.2) is 6.10 Å². The highest BCUT2D eigenvalue weighted by molar-refractivity contribution is 6.21. The lowest BCUT2D eigenvalue weighted by atomic mass is 9.98. The SMILES string of the molecule is Cc1c(O)cccc1C(=O)N[C@@H](Cc1cc(F)cc(F)c1)[C@H](O)C(=O)N1C[C@@H](Cl)C[C@H]1C(=O)NC(C)(C)C. The largest absolute Gasteiger partial charge is 0.508 e. The molecule has 11 heteroatoms. The minimum Gasteiger partial charge on any atom is -0.508 e. The highest BCUT2D eigenvalue weighted by Crippen LogP contribution is 2.25. The summed E-state index contributed by atoms with van der Waals surface area (Å²) in [5.74, 6) is -3.88. The average Bonchev–Trinajstić information content (AvgIpc) is 3.19. The molecule has 3 rings (SSSR count). The second-order valence-electron chi connectivity index (χ2n) is 10.5. The van der Waals surface area contributed by atoms with Crippen molar-refractivity contribution in [1.82, 2.24) is 15.5 Å². The number of nitrogens with one attached hydrogen (secondary N) is 2. The summed E-state index contributed by atoms with van der Waals surface area (Å²) in [7, 11) is 0. The lowest BCUT2D eigenvalue weighted by Gasteiger charge is -2.32. The van der Waals surface area contributed by atoms with E-state index in [-0.39, 0.29) is 41.8 Å². The summed E-state index contributed by atoms with van der Waals surface area (Å²) in [6.45, 7) is 6.86. The summed E-state index contributed by atoms with van der Waals surface area (Å²) in [6, 6.07) is 4.76. The highest BCUT2D eigenvalue weighted by Gasteiger charge is 2.43. The molecule has 1 aliphatic rings. The van der Waals surface area contributed by atoms with Crippen LogP contribution in [-0.2, 0) is 16.0 Å². The minimum atomic E-state index is -1.88. The first kappa shape index (κ1) is 29.3. The fraction of sp³-hybridized carbons (Fsp3) is 0.444. The van der Waals surface area contributed by atoms with Crippen molar-refractivity contribution in [3.05, 3.63) is 64.7 Å². The van der Waals surface area contributed by atoms with Crippen LogP contribution in [0.3, 0.4) is 0 Å². The van der Waals surface area contributed by atoms with Gasteiger partial charge in [-0.2, -0.15) is 0 Å². The molecule has 2 aromatic carbocycles. The van der Waals surface area contributed by atoms with Crippen LogP contribution in [0.25, 0.3) is 0 Å². The van der Waals surface area contributed by atoms with Gasteiger partial charge in [-0.25, -0.2) is 8.78 Å². The highest BCUT2D eigenvalue weighted by atomic mass is 35.5. The third-order valence-corrected chi connectivity index (χ3v) is 6.53. The molecule has 1 fully saturated rings. The van der Waals surface area contributed by atoms with Gasteiger partial charge in [-0.3, -0.25) is 14.4 Å². The number of nitrogens with zero attached hydrogens (tertiary/aromatic N) is 1. The van der Waals surface area contributed by atoms with E-state index in [4.69, 9.17) is 11.6 Å². The van der Waals surface area contributed by atoms with E-state index in [0.717, 1.165) is 17.0 Å². The van der Waals surface area contributed by atoms with Crippen LogP contribution in [0.15, 0.2) is 36.4 Å². The second kappa shape index (κ2) is 11.7. The first-order valence-electron chi connectivity index (χ1n) is 12.2. The van der Waals surface area contributed by atoms with Gasteiger partial charge in [-0.1, -0.05) is 6.07 Å². The predicted octanol–water partition coefficient (Wildman–Crippen LogP) is 2.80. The molecule has 0 saturated carbocycles. The Kier molecular flexibility index (Phi) is 8.99. The van der Waals surface area contributed by atoms with Crippen molar-refractivity contribution < 1.29 is 33.4 Å². The molecule has 2 aromatic rings. The fourth-order valence-electron chi connectivity index (χ4n) is 4.41. The van der Waals surface area contributed by atoms with Crippen LogP contribution in [0.1, 0.15) is 48.7 Å². The topological polar surface area (TPSA) is 119 Å². The van der Waals surface area contributed by atoms with Gasteiger partial charge in [-0.15, -0.1) is 11.6 Å². The van der Waals surface area contributed by atoms with Crippen molar-refractivity contribution in [1.29, 1.82) is 0 Å². The van der Waals surface area contributed by atoms with Crippen LogP contribution in [0.4, 0.5) is 8.78 Å². The fourth-order valence-corrected chi connectivity index (χ4v) is 4.73. The number of alkyl halides is 1. The third kappa shape index (κ3) is 7.20. The van der Waals surface area contributed by atoms with Crippen molar-refractivity contribution in [3.8, 4) is 5.75 Å². The Morgan fingerprint density at radius 1 is 1.16 bits per heavy atom. The number of rotatable bonds is 7. The van der Waals surface area contributed by atoms with E-state index in [0.29, 0.717) is 6.07 Å². The number of halogens is 3. The Labute approximate surface area is 225 Å². The van der Waals surface area contributed by atoms with Gasteiger partial charge in [-0.05, 0) is 70.4 Å². The summed E-state index contributed by atoms with van der Waals surface area (Å²) < 4.78 is 27.8. The molecular formula is C27H32ClF2N3O5. The Morgan fingerprint density at radius 3 is 2.39 bits per heavy atom. The standard InChI is InChI=1S/C27H32ClF2N3O5/c1-14-19(6-5-7-22(14)34)24(36)31-20(10-15-8-17(29)12-18(30)9-15)23(35)26(38)33-13-16(28)11-21(33)25(37)32-27(2,3)4/h5-9,12,16,20-21,23,34-35H,10-11,13H2,1-4H3,(H,31,36)(H,32,37)/t16-,20-,21-,23-/m0/s1. The van der Waals surface area contributed by atoms with Crippen LogP contribution in [0, 0.1) is 18.6 Å². The number of aliphatic hydroxyl groups is 1. The lowest BCUT2D eigenvalue weighted by Crippen LogP contribution is -2.57. The number of carbonyl (C=O) groups is 3. The quantitative estimate of drug-likeness (QED) is 0.395. The number of amides is 3. The van der Waals surface area contributed by atoms with Crippen molar-refractivity contribution >= 4 is 29.3 Å². The van der Waals surface area contributed by atoms with Crippen molar-refractivity contribution in [2.24, 2.45) is 0 Å². The van der Waals surface area contributed by atoms with Gasteiger partial charge in [0.1, 0.15) is 23.4 Å². The summed E-state index contributed by atoms with van der Waals surface area (Å²) in [4.78, 5) is 40.6. The number of carbonyl (C=O) groups excluding carboxylic acids is 3. The summed E-state index contributed by atoms with van der Waals surface area (Å²) >= 11 is 6.27. The molecule has 0 unspecified atom stereocenters. The van der Waals surface area contributed by atoms with E-state index in [2.05, 4.69) is 10.6 Å². The molecule has 0 bridgehead atoms. The molecule has 0 aliphatic carbocycles. The Hall–Kier alpha value is -3.24. The maximum absolute atomic E-state index is 13.9. The number of aromatic hydroxyl groups is 1. The predicted molar refractivity (Wildman–Crippen MR) is 138 cm³/mol. The molecule has 0 spiro atoms. The molecule has 1 heterocycles.